The predicted octanol–water partition coefficient (Wildman–Crippen LogP) is 18.4. The summed E-state index contributed by atoms with van der Waals surface area (Å²) in [5.41, 5.74) is 6.12. The van der Waals surface area contributed by atoms with E-state index in [9.17, 15) is 0 Å². The highest BCUT2D eigenvalue weighted by molar-refractivity contribution is 6.09. The maximum Gasteiger partial charge on any atom is 0.340 e. The SMILES string of the molecule is O=C(O[C@@H]1O[C@@H]2CO[C@@H](c3ccccc3)O[C@H]2[C@@H]2OC(=O)c3cc(OCc4ccccc4)c4c(c3-c3c(cc(OCc5ccccc5)c5c3OC(c3ccccc3)(c3ccccc3)O5)C(=O)O[C@@H]12)OC(c1ccccc1)(c1ccccc1)O4)c1cc(OCc2ccccc2)c(OCc2ccccc2)c(OCc2ccccc2)c1. The summed E-state index contributed by atoms with van der Waals surface area (Å²) >= 11 is 0. The summed E-state index contributed by atoms with van der Waals surface area (Å²) in [7, 11) is 0. The molecular formula is C95H72O18. The smallest absolute Gasteiger partial charge is 0.340 e. The number of esters is 3. The fourth-order valence-electron chi connectivity index (χ4n) is 14.7. The lowest BCUT2D eigenvalue weighted by Crippen LogP contribution is -2.64. The van der Waals surface area contributed by atoms with E-state index in [0.717, 1.165) is 27.8 Å². The van der Waals surface area contributed by atoms with Crippen LogP contribution in [0.1, 0.15) is 93.0 Å². The maximum atomic E-state index is 17.1. The van der Waals surface area contributed by atoms with Gasteiger partial charge in [-0.1, -0.05) is 303 Å². The predicted molar refractivity (Wildman–Crippen MR) is 415 cm³/mol. The highest BCUT2D eigenvalue weighted by Gasteiger charge is 2.58. The van der Waals surface area contributed by atoms with Crippen LogP contribution in [0.4, 0.5) is 0 Å². The molecule has 0 aromatic heterocycles. The average molecular weight is 1500 g/mol. The van der Waals surface area contributed by atoms with E-state index in [2.05, 4.69) is 0 Å². The van der Waals surface area contributed by atoms with Gasteiger partial charge in [0, 0.05) is 38.9 Å². The lowest BCUT2D eigenvalue weighted by Gasteiger charge is -2.48. The van der Waals surface area contributed by atoms with Crippen molar-refractivity contribution in [1.29, 1.82) is 0 Å². The van der Waals surface area contributed by atoms with Crippen LogP contribution in [-0.2, 0) is 73.0 Å². The van der Waals surface area contributed by atoms with Crippen LogP contribution < -0.4 is 42.6 Å². The summed E-state index contributed by atoms with van der Waals surface area (Å²) in [6.45, 7) is -0.0732. The highest BCUT2D eigenvalue weighted by Crippen LogP contribution is 2.64. The Kier molecular flexibility index (Phi) is 19.7. The average Bonchev–Trinajstić information content (AvgIpc) is 1.57. The molecule has 6 atom stereocenters. The molecule has 0 amide bonds. The molecular weight excluding hydrogens is 1430 g/mol. The molecule has 2 fully saturated rings. The Hall–Kier alpha value is -13.7. The van der Waals surface area contributed by atoms with Gasteiger partial charge in [-0.05, 0) is 52.1 Å². The first-order valence-electron chi connectivity index (χ1n) is 37.2. The lowest BCUT2D eigenvalue weighted by atomic mass is 9.90. The molecule has 13 aromatic carbocycles. The minimum absolute atomic E-state index is 0.0258. The first-order valence-corrected chi connectivity index (χ1v) is 37.2. The molecule has 18 nitrogen and oxygen atoms in total. The van der Waals surface area contributed by atoms with E-state index >= 15 is 14.4 Å². The van der Waals surface area contributed by atoms with Crippen molar-refractivity contribution in [3.8, 4) is 62.9 Å². The van der Waals surface area contributed by atoms with Crippen LogP contribution in [0.5, 0.6) is 51.7 Å². The summed E-state index contributed by atoms with van der Waals surface area (Å²) in [6, 6.07) is 100. The number of hydrogen-bond donors (Lipinski definition) is 0. The summed E-state index contributed by atoms with van der Waals surface area (Å²) in [5.74, 6) is -6.32. The zero-order chi connectivity index (χ0) is 76.1. The van der Waals surface area contributed by atoms with Crippen LogP contribution in [0.2, 0.25) is 0 Å². The molecule has 0 N–H and O–H groups in total. The van der Waals surface area contributed by atoms with Crippen LogP contribution in [0, 0.1) is 0 Å². The van der Waals surface area contributed by atoms with E-state index in [0.29, 0.717) is 27.8 Å². The van der Waals surface area contributed by atoms with Gasteiger partial charge < -0.3 is 71.1 Å². The van der Waals surface area contributed by atoms with Crippen LogP contribution in [0.15, 0.2) is 328 Å². The Bertz CT molecular complexity index is 5400. The van der Waals surface area contributed by atoms with Crippen molar-refractivity contribution in [3.63, 3.8) is 0 Å². The summed E-state index contributed by atoms with van der Waals surface area (Å²) in [6.07, 6.45) is -9.09. The van der Waals surface area contributed by atoms with E-state index in [1.54, 1.807) is 0 Å². The number of hydrogen-bond acceptors (Lipinski definition) is 18. The van der Waals surface area contributed by atoms with Gasteiger partial charge in [0.1, 0.15) is 45.2 Å². The van der Waals surface area contributed by atoms with Gasteiger partial charge in [-0.3, -0.25) is 0 Å². The van der Waals surface area contributed by atoms with Crippen molar-refractivity contribution in [3.05, 3.63) is 400 Å². The molecule has 5 heterocycles. The van der Waals surface area contributed by atoms with Crippen molar-refractivity contribution in [2.75, 3.05) is 6.61 Å². The molecule has 5 aliphatic rings. The number of carbonyl (C=O) groups is 3. The van der Waals surface area contributed by atoms with E-state index < -0.39 is 66.5 Å². The number of carbonyl (C=O) groups excluding carboxylic acids is 3. The highest BCUT2D eigenvalue weighted by atomic mass is 16.8. The molecule has 560 valence electrons. The summed E-state index contributed by atoms with van der Waals surface area (Å²) in [5, 5.41) is 0. The monoisotopic (exact) mass is 1500 g/mol. The number of ether oxygens (including phenoxy) is 15. The molecule has 0 spiro atoms. The van der Waals surface area contributed by atoms with Gasteiger partial charge in [0.2, 0.25) is 29.6 Å². The van der Waals surface area contributed by atoms with E-state index in [1.165, 1.54) is 24.3 Å². The van der Waals surface area contributed by atoms with Crippen molar-refractivity contribution in [2.45, 2.75) is 81.6 Å². The minimum Gasteiger partial charge on any atom is -0.485 e. The van der Waals surface area contributed by atoms with Gasteiger partial charge in [0.15, 0.2) is 46.9 Å². The topological polar surface area (TPSA) is 190 Å². The van der Waals surface area contributed by atoms with Gasteiger partial charge in [0.25, 0.3) is 0 Å². The zero-order valence-corrected chi connectivity index (χ0v) is 60.7. The Morgan fingerprint density at radius 2 is 0.673 bits per heavy atom. The van der Waals surface area contributed by atoms with E-state index in [-0.39, 0.29) is 119 Å². The molecule has 13 aromatic rings. The molecule has 5 aliphatic heterocycles. The fourth-order valence-corrected chi connectivity index (χ4v) is 14.7. The molecule has 0 bridgehead atoms. The van der Waals surface area contributed by atoms with Crippen LogP contribution in [0.3, 0.4) is 0 Å². The first-order chi connectivity index (χ1) is 55.7. The molecule has 0 saturated carbocycles. The molecule has 0 radical (unpaired) electrons. The second-order valence-corrected chi connectivity index (χ2v) is 27.6. The Labute approximate surface area is 650 Å². The molecule has 113 heavy (non-hydrogen) atoms. The van der Waals surface area contributed by atoms with Gasteiger partial charge in [-0.2, -0.15) is 0 Å². The molecule has 0 unspecified atom stereocenters. The Balaban J connectivity index is 0.842. The molecule has 2 saturated heterocycles. The maximum absolute atomic E-state index is 17.1. The molecule has 18 rings (SSSR count). The molecule has 0 aliphatic carbocycles. The van der Waals surface area contributed by atoms with Gasteiger partial charge >= 0.3 is 29.5 Å². The zero-order valence-electron chi connectivity index (χ0n) is 60.7. The van der Waals surface area contributed by atoms with Crippen LogP contribution in [-0.4, -0.2) is 55.2 Å². The van der Waals surface area contributed by atoms with Gasteiger partial charge in [-0.25, -0.2) is 14.4 Å². The number of fused-ring (bicyclic) bond motifs is 10. The number of rotatable bonds is 22. The van der Waals surface area contributed by atoms with E-state index in [4.69, 9.17) is 71.1 Å². The summed E-state index contributed by atoms with van der Waals surface area (Å²) < 4.78 is 105. The normalized spacial score (nSPS) is 18.6. The third-order valence-corrected chi connectivity index (χ3v) is 20.2. The van der Waals surface area contributed by atoms with Crippen molar-refractivity contribution in [1.82, 2.24) is 0 Å². The largest absolute Gasteiger partial charge is 0.485 e. The third kappa shape index (κ3) is 14.3. The standard InChI is InChI=1S/C95H72O18/c96-89(67-51-74(99-55-61-31-11-1-12-32-61)81(103-59-65-39-19-5-20-40-65)75(52-67)100-56-62-33-13-2-14-34-62)109-93-88-87(82-78(105-93)60-104-92(108-82)66-41-21-6-22-42-66)106-90(97)72-53-76(101-57-63-35-15-3-16-36-63)83-85(112-94(110-83,68-43-23-7-24-44-68)69-45-25-8-26-46-69)79(72)80-73(91(98)107-88)54-77(102-58-64-37-17-4-18-38-64)84-86(80)113-95(111-84,70-47-27-9-28-48-70)71-49-29-10-30-50-71/h1-54,78,82,87-88,92-93H,55-60H2/t78-,82-,87+,88-,92-,93+/m1/s1. The van der Waals surface area contributed by atoms with Gasteiger partial charge in [0.05, 0.1) is 23.3 Å². The summed E-state index contributed by atoms with van der Waals surface area (Å²) in [4.78, 5) is 50.0. The second kappa shape index (κ2) is 31.4. The fraction of sp³-hybridized carbons (Fsp3) is 0.147. The van der Waals surface area contributed by atoms with E-state index in [1.807, 2.05) is 303 Å². The second-order valence-electron chi connectivity index (χ2n) is 27.6. The van der Waals surface area contributed by atoms with Crippen LogP contribution >= 0.6 is 0 Å². The minimum atomic E-state index is -1.92. The lowest BCUT2D eigenvalue weighted by molar-refractivity contribution is -0.351. The quantitative estimate of drug-likeness (QED) is 0.0459. The van der Waals surface area contributed by atoms with Crippen molar-refractivity contribution < 1.29 is 85.4 Å². The number of benzene rings is 13. The third-order valence-electron chi connectivity index (χ3n) is 20.2. The molecule has 18 heteroatoms. The van der Waals surface area contributed by atoms with Gasteiger partial charge in [-0.15, -0.1) is 0 Å². The Morgan fingerprint density at radius 1 is 0.345 bits per heavy atom. The van der Waals surface area contributed by atoms with Crippen molar-refractivity contribution >= 4 is 17.9 Å². The Morgan fingerprint density at radius 3 is 1.05 bits per heavy atom. The van der Waals surface area contributed by atoms with Crippen LogP contribution in [0.25, 0.3) is 11.1 Å². The first kappa shape index (κ1) is 71.0. The van der Waals surface area contributed by atoms with Crippen molar-refractivity contribution in [2.24, 2.45) is 0 Å².